The highest BCUT2D eigenvalue weighted by molar-refractivity contribution is 5.78. The first kappa shape index (κ1) is 12.4. The highest BCUT2D eigenvalue weighted by Crippen LogP contribution is 2.20. The van der Waals surface area contributed by atoms with Crippen LogP contribution in [-0.4, -0.2) is 47.7 Å². The van der Waals surface area contributed by atoms with E-state index in [0.717, 1.165) is 25.9 Å². The summed E-state index contributed by atoms with van der Waals surface area (Å²) in [5.74, 6) is -1.14. The number of likely N-dealkylation sites (tertiary alicyclic amines) is 1. The average Bonchev–Trinajstić information content (AvgIpc) is 2.82. The van der Waals surface area contributed by atoms with Gasteiger partial charge >= 0.3 is 5.97 Å². The van der Waals surface area contributed by atoms with E-state index >= 15 is 0 Å². The van der Waals surface area contributed by atoms with Crippen molar-refractivity contribution in [3.63, 3.8) is 0 Å². The summed E-state index contributed by atoms with van der Waals surface area (Å²) >= 11 is 0. The van der Waals surface area contributed by atoms with Crippen molar-refractivity contribution in [2.45, 2.75) is 38.2 Å². The smallest absolute Gasteiger partial charge is 0.308 e. The van der Waals surface area contributed by atoms with Crippen molar-refractivity contribution >= 4 is 11.9 Å². The predicted molar refractivity (Wildman–Crippen MR) is 60.5 cm³/mol. The van der Waals surface area contributed by atoms with E-state index in [1.54, 1.807) is 4.90 Å². The molecule has 17 heavy (non-hydrogen) atoms. The maximum Gasteiger partial charge on any atom is 0.308 e. The Hall–Kier alpha value is -1.10. The summed E-state index contributed by atoms with van der Waals surface area (Å²) in [6.45, 7) is 1.80. The van der Waals surface area contributed by atoms with Crippen LogP contribution in [0.15, 0.2) is 0 Å². The van der Waals surface area contributed by atoms with E-state index in [9.17, 15) is 9.59 Å². The molecule has 2 fully saturated rings. The summed E-state index contributed by atoms with van der Waals surface area (Å²) in [5.41, 5.74) is 0. The fourth-order valence-electron chi connectivity index (χ4n) is 2.53. The van der Waals surface area contributed by atoms with E-state index in [4.69, 9.17) is 9.84 Å². The lowest BCUT2D eigenvalue weighted by molar-refractivity contribution is -0.146. The molecular formula is C12H19NO4. The molecule has 1 N–H and O–H groups in total. The second-order valence-electron chi connectivity index (χ2n) is 4.86. The molecule has 2 aliphatic rings. The number of rotatable bonds is 3. The number of carbonyl (C=O) groups is 2. The zero-order valence-corrected chi connectivity index (χ0v) is 9.93. The molecule has 0 unspecified atom stereocenters. The van der Waals surface area contributed by atoms with E-state index in [1.165, 1.54) is 0 Å². The number of amides is 1. The van der Waals surface area contributed by atoms with Crippen molar-refractivity contribution in [1.82, 2.24) is 4.90 Å². The minimum atomic E-state index is -0.792. The number of carbonyl (C=O) groups excluding carboxylic acids is 1. The topological polar surface area (TPSA) is 66.8 Å². The zero-order valence-electron chi connectivity index (χ0n) is 9.93. The Morgan fingerprint density at radius 2 is 2.12 bits per heavy atom. The third-order valence-corrected chi connectivity index (χ3v) is 3.55. The number of ether oxygens (including phenoxy) is 1. The lowest BCUT2D eigenvalue weighted by Gasteiger charge is -2.31. The molecule has 0 aromatic rings. The molecule has 2 heterocycles. The van der Waals surface area contributed by atoms with Crippen LogP contribution in [-0.2, 0) is 14.3 Å². The standard InChI is InChI=1S/C12H19NO4/c14-11(7-10-4-2-6-17-10)13-5-1-3-9(8-13)12(15)16/h9-10H,1-8H2,(H,15,16)/t9-,10-/m0/s1. The molecular weight excluding hydrogens is 222 g/mol. The molecule has 96 valence electrons. The SMILES string of the molecule is O=C(O)[C@H]1CCCN(C(=O)C[C@@H]2CCCO2)C1. The van der Waals surface area contributed by atoms with Gasteiger partial charge in [-0.2, -0.15) is 0 Å². The first-order valence-electron chi connectivity index (χ1n) is 6.29. The Morgan fingerprint density at radius 3 is 2.76 bits per heavy atom. The van der Waals surface area contributed by atoms with Gasteiger partial charge in [0.25, 0.3) is 0 Å². The van der Waals surface area contributed by atoms with Crippen LogP contribution in [0, 0.1) is 5.92 Å². The van der Waals surface area contributed by atoms with Crippen LogP contribution in [0.1, 0.15) is 32.1 Å². The minimum absolute atomic E-state index is 0.0443. The summed E-state index contributed by atoms with van der Waals surface area (Å²) in [4.78, 5) is 24.6. The van der Waals surface area contributed by atoms with Gasteiger partial charge in [0.15, 0.2) is 0 Å². The summed E-state index contributed by atoms with van der Waals surface area (Å²) in [6.07, 6.45) is 3.89. The van der Waals surface area contributed by atoms with Crippen molar-refractivity contribution in [2.75, 3.05) is 19.7 Å². The van der Waals surface area contributed by atoms with Crippen LogP contribution >= 0.6 is 0 Å². The molecule has 5 heteroatoms. The van der Waals surface area contributed by atoms with Crippen LogP contribution < -0.4 is 0 Å². The monoisotopic (exact) mass is 241 g/mol. The molecule has 0 spiro atoms. The van der Waals surface area contributed by atoms with Crippen molar-refractivity contribution in [1.29, 1.82) is 0 Å². The molecule has 5 nitrogen and oxygen atoms in total. The average molecular weight is 241 g/mol. The molecule has 2 rings (SSSR count). The molecule has 0 radical (unpaired) electrons. The van der Waals surface area contributed by atoms with Crippen LogP contribution in [0.4, 0.5) is 0 Å². The van der Waals surface area contributed by atoms with Crippen molar-refractivity contribution in [3.8, 4) is 0 Å². The van der Waals surface area contributed by atoms with E-state index in [2.05, 4.69) is 0 Å². The van der Waals surface area contributed by atoms with Crippen LogP contribution in [0.3, 0.4) is 0 Å². The number of carboxylic acids is 1. The lowest BCUT2D eigenvalue weighted by atomic mass is 9.98. The molecule has 2 atom stereocenters. The van der Waals surface area contributed by atoms with E-state index in [1.807, 2.05) is 0 Å². The summed E-state index contributed by atoms with van der Waals surface area (Å²) in [5, 5.41) is 8.96. The van der Waals surface area contributed by atoms with Gasteiger partial charge in [0, 0.05) is 19.7 Å². The van der Waals surface area contributed by atoms with E-state index < -0.39 is 11.9 Å². The van der Waals surface area contributed by atoms with E-state index in [-0.39, 0.29) is 12.0 Å². The minimum Gasteiger partial charge on any atom is -0.481 e. The number of hydrogen-bond acceptors (Lipinski definition) is 3. The molecule has 0 aromatic carbocycles. The highest BCUT2D eigenvalue weighted by atomic mass is 16.5. The van der Waals surface area contributed by atoms with Crippen LogP contribution in [0.2, 0.25) is 0 Å². The predicted octanol–water partition coefficient (Wildman–Crippen LogP) is 0.879. The number of nitrogens with zero attached hydrogens (tertiary/aromatic N) is 1. The van der Waals surface area contributed by atoms with Gasteiger partial charge in [0.1, 0.15) is 0 Å². The quantitative estimate of drug-likeness (QED) is 0.796. The first-order valence-corrected chi connectivity index (χ1v) is 6.29. The lowest BCUT2D eigenvalue weighted by Crippen LogP contribution is -2.43. The van der Waals surface area contributed by atoms with Gasteiger partial charge in [-0.15, -0.1) is 0 Å². The van der Waals surface area contributed by atoms with Crippen LogP contribution in [0.25, 0.3) is 0 Å². The first-order chi connectivity index (χ1) is 8.16. The summed E-state index contributed by atoms with van der Waals surface area (Å²) in [7, 11) is 0. The molecule has 0 aliphatic carbocycles. The Balaban J connectivity index is 1.83. The second-order valence-corrected chi connectivity index (χ2v) is 4.86. The molecule has 0 bridgehead atoms. The van der Waals surface area contributed by atoms with Crippen molar-refractivity contribution < 1.29 is 19.4 Å². The van der Waals surface area contributed by atoms with Gasteiger partial charge in [-0.05, 0) is 25.7 Å². The Morgan fingerprint density at radius 1 is 1.29 bits per heavy atom. The van der Waals surface area contributed by atoms with Gasteiger partial charge in [-0.1, -0.05) is 0 Å². The molecule has 2 aliphatic heterocycles. The van der Waals surface area contributed by atoms with Gasteiger partial charge < -0.3 is 14.7 Å². The fourth-order valence-corrected chi connectivity index (χ4v) is 2.53. The Bertz CT molecular complexity index is 299. The molecule has 0 saturated carbocycles. The molecule has 0 aromatic heterocycles. The molecule has 2 saturated heterocycles. The van der Waals surface area contributed by atoms with Crippen molar-refractivity contribution in [3.05, 3.63) is 0 Å². The third-order valence-electron chi connectivity index (χ3n) is 3.55. The number of hydrogen-bond donors (Lipinski definition) is 1. The number of piperidine rings is 1. The van der Waals surface area contributed by atoms with Crippen LogP contribution in [0.5, 0.6) is 0 Å². The highest BCUT2D eigenvalue weighted by Gasteiger charge is 2.29. The maximum absolute atomic E-state index is 12.0. The third kappa shape index (κ3) is 3.19. The Labute approximate surface area is 101 Å². The Kier molecular flexibility index (Phi) is 3.99. The number of carboxylic acid groups (broad SMARTS) is 1. The summed E-state index contributed by atoms with van der Waals surface area (Å²) < 4.78 is 5.42. The largest absolute Gasteiger partial charge is 0.481 e. The van der Waals surface area contributed by atoms with Gasteiger partial charge in [0.2, 0.25) is 5.91 Å². The van der Waals surface area contributed by atoms with E-state index in [0.29, 0.717) is 25.9 Å². The zero-order chi connectivity index (χ0) is 12.3. The van der Waals surface area contributed by atoms with Gasteiger partial charge in [0.05, 0.1) is 18.4 Å². The normalized spacial score (nSPS) is 29.3. The van der Waals surface area contributed by atoms with Crippen molar-refractivity contribution in [2.24, 2.45) is 5.92 Å². The van der Waals surface area contributed by atoms with Gasteiger partial charge in [-0.3, -0.25) is 9.59 Å². The number of aliphatic carboxylic acids is 1. The molecule has 1 amide bonds. The second kappa shape index (κ2) is 5.49. The van der Waals surface area contributed by atoms with Gasteiger partial charge in [-0.25, -0.2) is 0 Å². The summed E-state index contributed by atoms with van der Waals surface area (Å²) in [6, 6.07) is 0. The fraction of sp³-hybridized carbons (Fsp3) is 0.833. The maximum atomic E-state index is 12.0.